The zero-order chi connectivity index (χ0) is 24.7. The molecule has 0 aliphatic heterocycles. The Morgan fingerprint density at radius 2 is 1.94 bits per heavy atom. The normalized spacial score (nSPS) is 12.8. The van der Waals surface area contributed by atoms with Crippen LogP contribution in [-0.2, 0) is 16.0 Å². The zero-order valence-electron chi connectivity index (χ0n) is 18.3. The Hall–Kier alpha value is -3.43. The molecule has 0 aliphatic carbocycles. The average Bonchev–Trinajstić information content (AvgIpc) is 3.25. The maximum Gasteiger partial charge on any atom is 0.308 e. The Morgan fingerprint density at radius 1 is 1.21 bits per heavy atom. The summed E-state index contributed by atoms with van der Waals surface area (Å²) in [6.07, 6.45) is 0.370. The summed E-state index contributed by atoms with van der Waals surface area (Å²) in [5.74, 6) is -3.17. The number of ether oxygens (including phenoxy) is 1. The van der Waals surface area contributed by atoms with Crippen molar-refractivity contribution in [3.8, 4) is 11.1 Å². The largest absolute Gasteiger partial charge is 0.481 e. The lowest BCUT2D eigenvalue weighted by Gasteiger charge is -2.22. The van der Waals surface area contributed by atoms with Gasteiger partial charge in [0.05, 0.1) is 18.6 Å². The SMILES string of the molecule is CCOC[C@H](C[C@@H](Cc1ccc(-c2cc(Cl)ccc2F)cc1)NC(=O)c1cc(=O)[nH]o1)C(=O)O. The number of carbonyl (C=O) groups is 2. The van der Waals surface area contributed by atoms with Crippen molar-refractivity contribution in [3.63, 3.8) is 0 Å². The van der Waals surface area contributed by atoms with Crippen LogP contribution < -0.4 is 10.9 Å². The molecule has 0 fully saturated rings. The number of aromatic nitrogens is 1. The van der Waals surface area contributed by atoms with Crippen molar-refractivity contribution in [2.24, 2.45) is 5.92 Å². The molecule has 0 spiro atoms. The number of nitrogens with one attached hydrogen (secondary N) is 2. The number of benzene rings is 2. The van der Waals surface area contributed by atoms with Crippen LogP contribution in [0.15, 0.2) is 57.8 Å². The van der Waals surface area contributed by atoms with Crippen molar-refractivity contribution in [1.29, 1.82) is 0 Å². The number of aliphatic carboxylic acids is 1. The van der Waals surface area contributed by atoms with E-state index >= 15 is 0 Å². The van der Waals surface area contributed by atoms with Crippen molar-refractivity contribution in [3.05, 3.63) is 81.0 Å². The number of amides is 1. The van der Waals surface area contributed by atoms with Crippen LogP contribution in [0.1, 0.15) is 29.5 Å². The van der Waals surface area contributed by atoms with E-state index in [1.54, 1.807) is 31.2 Å². The number of halogens is 2. The minimum absolute atomic E-state index is 0.00950. The molecule has 0 saturated heterocycles. The fraction of sp³-hybridized carbons (Fsp3) is 0.292. The van der Waals surface area contributed by atoms with E-state index in [0.717, 1.165) is 11.6 Å². The maximum atomic E-state index is 14.2. The third kappa shape index (κ3) is 6.79. The highest BCUT2D eigenvalue weighted by Gasteiger charge is 2.26. The first-order valence-corrected chi connectivity index (χ1v) is 11.0. The van der Waals surface area contributed by atoms with Gasteiger partial charge in [0.15, 0.2) is 0 Å². The summed E-state index contributed by atoms with van der Waals surface area (Å²) in [5.41, 5.74) is 1.20. The first-order chi connectivity index (χ1) is 16.3. The third-order valence-corrected chi connectivity index (χ3v) is 5.43. The molecular weight excluding hydrogens is 467 g/mol. The van der Waals surface area contributed by atoms with Crippen LogP contribution in [0.5, 0.6) is 0 Å². The summed E-state index contributed by atoms with van der Waals surface area (Å²) >= 11 is 5.98. The summed E-state index contributed by atoms with van der Waals surface area (Å²) in [6.45, 7) is 2.11. The van der Waals surface area contributed by atoms with Gasteiger partial charge >= 0.3 is 5.97 Å². The summed E-state index contributed by atoms with van der Waals surface area (Å²) < 4.78 is 24.3. The molecule has 3 rings (SSSR count). The first-order valence-electron chi connectivity index (χ1n) is 10.6. The van der Waals surface area contributed by atoms with Crippen LogP contribution >= 0.6 is 11.6 Å². The maximum absolute atomic E-state index is 14.2. The molecule has 8 nitrogen and oxygen atoms in total. The Kier molecular flexibility index (Phi) is 8.61. The van der Waals surface area contributed by atoms with Crippen LogP contribution in [0.25, 0.3) is 11.1 Å². The number of carboxylic acids is 1. The third-order valence-electron chi connectivity index (χ3n) is 5.20. The van der Waals surface area contributed by atoms with Gasteiger partial charge in [-0.1, -0.05) is 35.9 Å². The molecule has 0 radical (unpaired) electrons. The van der Waals surface area contributed by atoms with Crippen molar-refractivity contribution in [2.45, 2.75) is 25.8 Å². The molecule has 2 aromatic carbocycles. The quantitative estimate of drug-likeness (QED) is 0.375. The average molecular weight is 491 g/mol. The number of hydrogen-bond acceptors (Lipinski definition) is 5. The van der Waals surface area contributed by atoms with E-state index in [1.807, 2.05) is 5.16 Å². The molecular formula is C24H24ClFN2O6. The topological polar surface area (TPSA) is 122 Å². The zero-order valence-corrected chi connectivity index (χ0v) is 19.1. The Labute approximate surface area is 199 Å². The van der Waals surface area contributed by atoms with Gasteiger partial charge in [0, 0.05) is 23.2 Å². The van der Waals surface area contributed by atoms with E-state index in [1.165, 1.54) is 18.2 Å². The lowest BCUT2D eigenvalue weighted by molar-refractivity contribution is -0.144. The Morgan fingerprint density at radius 3 is 2.56 bits per heavy atom. The van der Waals surface area contributed by atoms with Crippen molar-refractivity contribution < 1.29 is 28.3 Å². The summed E-state index contributed by atoms with van der Waals surface area (Å²) in [7, 11) is 0. The van der Waals surface area contributed by atoms with E-state index in [4.69, 9.17) is 20.9 Å². The predicted molar refractivity (Wildman–Crippen MR) is 123 cm³/mol. The van der Waals surface area contributed by atoms with Gasteiger partial charge in [-0.15, -0.1) is 0 Å². The number of carboxylic acid groups (broad SMARTS) is 1. The highest BCUT2D eigenvalue weighted by molar-refractivity contribution is 6.30. The molecule has 0 bridgehead atoms. The summed E-state index contributed by atoms with van der Waals surface area (Å²) in [4.78, 5) is 35.5. The first kappa shape index (κ1) is 25.2. The van der Waals surface area contributed by atoms with Crippen LogP contribution in [0.2, 0.25) is 5.02 Å². The van der Waals surface area contributed by atoms with E-state index < -0.39 is 35.2 Å². The molecule has 0 unspecified atom stereocenters. The van der Waals surface area contributed by atoms with Crippen molar-refractivity contribution in [2.75, 3.05) is 13.2 Å². The standard InChI is InChI=1S/C24H24ClFN2O6/c1-2-33-13-16(24(31)32)10-18(27-23(30)21-12-22(29)28-34-21)9-14-3-5-15(6-4-14)19-11-17(25)7-8-20(19)26/h3-8,11-12,16,18H,2,9-10,13H2,1H3,(H,27,30)(H,28,29)(H,31,32)/t16-,18+/m0/s1. The predicted octanol–water partition coefficient (Wildman–Crippen LogP) is 3.90. The molecule has 0 saturated carbocycles. The minimum Gasteiger partial charge on any atom is -0.481 e. The minimum atomic E-state index is -1.05. The van der Waals surface area contributed by atoms with E-state index in [9.17, 15) is 23.9 Å². The second-order valence-electron chi connectivity index (χ2n) is 7.70. The highest BCUT2D eigenvalue weighted by atomic mass is 35.5. The molecule has 1 aromatic heterocycles. The molecule has 3 N–H and O–H groups in total. The van der Waals surface area contributed by atoms with Gasteiger partial charge in [-0.05, 0) is 49.1 Å². The second kappa shape index (κ2) is 11.6. The van der Waals surface area contributed by atoms with E-state index in [0.29, 0.717) is 22.8 Å². The lowest BCUT2D eigenvalue weighted by Crippen LogP contribution is -2.40. The highest BCUT2D eigenvalue weighted by Crippen LogP contribution is 2.27. The van der Waals surface area contributed by atoms with Gasteiger partial charge in [-0.3, -0.25) is 14.4 Å². The molecule has 3 aromatic rings. The fourth-order valence-corrected chi connectivity index (χ4v) is 3.68. The Bertz CT molecular complexity index is 1190. The molecule has 0 aliphatic rings. The monoisotopic (exact) mass is 490 g/mol. The van der Waals surface area contributed by atoms with Crippen LogP contribution in [0, 0.1) is 11.7 Å². The molecule has 1 amide bonds. The molecule has 10 heteroatoms. The second-order valence-corrected chi connectivity index (χ2v) is 8.14. The van der Waals surface area contributed by atoms with Gasteiger partial charge < -0.3 is 19.7 Å². The van der Waals surface area contributed by atoms with Gasteiger partial charge in [-0.25, -0.2) is 4.39 Å². The number of H-pyrrole nitrogens is 1. The smallest absolute Gasteiger partial charge is 0.308 e. The summed E-state index contributed by atoms with van der Waals surface area (Å²) in [6, 6.07) is 11.7. The van der Waals surface area contributed by atoms with Crippen molar-refractivity contribution in [1.82, 2.24) is 10.5 Å². The number of carbonyl (C=O) groups excluding carboxylic acids is 1. The van der Waals surface area contributed by atoms with Gasteiger partial charge in [-0.2, -0.15) is 5.16 Å². The molecule has 34 heavy (non-hydrogen) atoms. The Balaban J connectivity index is 1.80. The van der Waals surface area contributed by atoms with Crippen LogP contribution in [0.3, 0.4) is 0 Å². The van der Waals surface area contributed by atoms with E-state index in [2.05, 4.69) is 5.32 Å². The molecule has 2 atom stereocenters. The van der Waals surface area contributed by atoms with Gasteiger partial charge in [0.2, 0.25) is 5.76 Å². The summed E-state index contributed by atoms with van der Waals surface area (Å²) in [5, 5.41) is 14.8. The van der Waals surface area contributed by atoms with Crippen molar-refractivity contribution >= 4 is 23.5 Å². The molecule has 180 valence electrons. The lowest BCUT2D eigenvalue weighted by atomic mass is 9.94. The number of rotatable bonds is 11. The van der Waals surface area contributed by atoms with Crippen LogP contribution in [-0.4, -0.2) is 41.4 Å². The molecule has 1 heterocycles. The van der Waals surface area contributed by atoms with Gasteiger partial charge in [0.1, 0.15) is 5.82 Å². The van der Waals surface area contributed by atoms with E-state index in [-0.39, 0.29) is 25.2 Å². The number of aromatic amines is 1. The number of hydrogen-bond donors (Lipinski definition) is 3. The fourth-order valence-electron chi connectivity index (χ4n) is 3.51. The van der Waals surface area contributed by atoms with Crippen LogP contribution in [0.4, 0.5) is 4.39 Å². The van der Waals surface area contributed by atoms with Gasteiger partial charge in [0.25, 0.3) is 11.5 Å².